The van der Waals surface area contributed by atoms with Crippen LogP contribution in [0.4, 0.5) is 13.2 Å². The number of hydrogen-bond donors (Lipinski definition) is 1. The van der Waals surface area contributed by atoms with E-state index >= 15 is 0 Å². The standard InChI is InChI=1S/C23H26F3N3O/c24-23(25,26)20-9-5-4-8-19(20)22(30)29-14-17-12-28(13-18(17)15-29)11-10-21(27)16-6-2-1-3-7-16/h1-9,17-18,21H,10-15,27H2/t17?,18?,21-/m0/s1. The predicted octanol–water partition coefficient (Wildman–Crippen LogP) is 3.80. The average molecular weight is 417 g/mol. The molecular formula is C23H26F3N3O. The Morgan fingerprint density at radius 2 is 1.57 bits per heavy atom. The smallest absolute Gasteiger partial charge is 0.338 e. The molecule has 2 unspecified atom stereocenters. The Balaban J connectivity index is 1.32. The van der Waals surface area contributed by atoms with Gasteiger partial charge < -0.3 is 15.5 Å². The van der Waals surface area contributed by atoms with E-state index in [4.69, 9.17) is 5.73 Å². The lowest BCUT2D eigenvalue weighted by Crippen LogP contribution is -2.35. The highest BCUT2D eigenvalue weighted by atomic mass is 19.4. The van der Waals surface area contributed by atoms with Crippen molar-refractivity contribution in [3.8, 4) is 0 Å². The first-order valence-corrected chi connectivity index (χ1v) is 10.3. The van der Waals surface area contributed by atoms with Gasteiger partial charge in [-0.15, -0.1) is 0 Å². The molecule has 7 heteroatoms. The molecule has 0 radical (unpaired) electrons. The Bertz CT molecular complexity index is 873. The number of carbonyl (C=O) groups is 1. The van der Waals surface area contributed by atoms with Crippen LogP contribution in [0.5, 0.6) is 0 Å². The van der Waals surface area contributed by atoms with Crippen molar-refractivity contribution in [2.75, 3.05) is 32.7 Å². The SMILES string of the molecule is N[C@@H](CCN1CC2CN(C(=O)c3ccccc3C(F)(F)F)CC2C1)c1ccccc1. The molecule has 4 rings (SSSR count). The van der Waals surface area contributed by atoms with Crippen LogP contribution >= 0.6 is 0 Å². The van der Waals surface area contributed by atoms with E-state index in [0.29, 0.717) is 24.9 Å². The van der Waals surface area contributed by atoms with Crippen LogP contribution in [0.15, 0.2) is 54.6 Å². The maximum Gasteiger partial charge on any atom is 0.417 e. The van der Waals surface area contributed by atoms with Crippen LogP contribution in [0, 0.1) is 11.8 Å². The van der Waals surface area contributed by atoms with E-state index in [1.165, 1.54) is 18.2 Å². The Kier molecular flexibility index (Phi) is 5.84. The predicted molar refractivity (Wildman–Crippen MR) is 109 cm³/mol. The fourth-order valence-electron chi connectivity index (χ4n) is 4.71. The van der Waals surface area contributed by atoms with Gasteiger partial charge >= 0.3 is 6.18 Å². The summed E-state index contributed by atoms with van der Waals surface area (Å²) in [5.74, 6) is 0.0925. The van der Waals surface area contributed by atoms with Crippen LogP contribution in [0.3, 0.4) is 0 Å². The van der Waals surface area contributed by atoms with Gasteiger partial charge in [-0.25, -0.2) is 0 Å². The molecule has 2 aromatic rings. The zero-order chi connectivity index (χ0) is 21.3. The third-order valence-corrected chi connectivity index (χ3v) is 6.30. The number of likely N-dealkylation sites (tertiary alicyclic amines) is 2. The van der Waals surface area contributed by atoms with Crippen LogP contribution in [0.2, 0.25) is 0 Å². The summed E-state index contributed by atoms with van der Waals surface area (Å²) in [6.07, 6.45) is -3.68. The van der Waals surface area contributed by atoms with E-state index in [1.54, 1.807) is 4.90 Å². The molecule has 2 aliphatic rings. The molecule has 30 heavy (non-hydrogen) atoms. The summed E-state index contributed by atoms with van der Waals surface area (Å²) in [6, 6.07) is 15.0. The summed E-state index contributed by atoms with van der Waals surface area (Å²) in [5.41, 5.74) is 6.30. The monoisotopic (exact) mass is 417 g/mol. The molecule has 1 amide bonds. The van der Waals surface area contributed by atoms with Gasteiger partial charge in [0.1, 0.15) is 0 Å². The molecule has 0 bridgehead atoms. The molecule has 0 spiro atoms. The molecule has 2 aliphatic heterocycles. The van der Waals surface area contributed by atoms with Crippen molar-refractivity contribution < 1.29 is 18.0 Å². The fourth-order valence-corrected chi connectivity index (χ4v) is 4.71. The lowest BCUT2D eigenvalue weighted by atomic mass is 10.0. The number of halogens is 3. The number of carbonyl (C=O) groups excluding carboxylic acids is 1. The van der Waals surface area contributed by atoms with Gasteiger partial charge in [-0.05, 0) is 42.5 Å². The largest absolute Gasteiger partial charge is 0.417 e. The molecule has 2 saturated heterocycles. The molecule has 0 aliphatic carbocycles. The topological polar surface area (TPSA) is 49.6 Å². The molecule has 0 aromatic heterocycles. The van der Waals surface area contributed by atoms with Crippen molar-refractivity contribution >= 4 is 5.91 Å². The van der Waals surface area contributed by atoms with Gasteiger partial charge in [-0.2, -0.15) is 13.2 Å². The maximum atomic E-state index is 13.3. The van der Waals surface area contributed by atoms with Gasteiger partial charge in [0.05, 0.1) is 11.1 Å². The summed E-state index contributed by atoms with van der Waals surface area (Å²) in [7, 11) is 0. The number of amides is 1. The number of nitrogens with zero attached hydrogens (tertiary/aromatic N) is 2. The van der Waals surface area contributed by atoms with Crippen LogP contribution in [-0.4, -0.2) is 48.4 Å². The van der Waals surface area contributed by atoms with Gasteiger partial charge in [0.2, 0.25) is 0 Å². The first-order valence-electron chi connectivity index (χ1n) is 10.3. The van der Waals surface area contributed by atoms with E-state index in [-0.39, 0.29) is 11.6 Å². The van der Waals surface area contributed by atoms with E-state index < -0.39 is 17.6 Å². The lowest BCUT2D eigenvalue weighted by molar-refractivity contribution is -0.138. The van der Waals surface area contributed by atoms with Crippen molar-refractivity contribution in [2.45, 2.75) is 18.6 Å². The van der Waals surface area contributed by atoms with Crippen LogP contribution in [0.1, 0.15) is 33.9 Å². The third-order valence-electron chi connectivity index (χ3n) is 6.30. The number of hydrogen-bond acceptors (Lipinski definition) is 3. The Morgan fingerprint density at radius 1 is 0.967 bits per heavy atom. The highest BCUT2D eigenvalue weighted by Crippen LogP contribution is 2.35. The fraction of sp³-hybridized carbons (Fsp3) is 0.435. The highest BCUT2D eigenvalue weighted by molar-refractivity contribution is 5.96. The van der Waals surface area contributed by atoms with Gasteiger partial charge in [-0.1, -0.05) is 42.5 Å². The molecule has 2 heterocycles. The van der Waals surface area contributed by atoms with E-state index in [9.17, 15) is 18.0 Å². The van der Waals surface area contributed by atoms with Crippen molar-refractivity contribution in [1.82, 2.24) is 9.80 Å². The molecule has 0 saturated carbocycles. The second kappa shape index (κ2) is 8.40. The summed E-state index contributed by atoms with van der Waals surface area (Å²) in [4.78, 5) is 16.7. The summed E-state index contributed by atoms with van der Waals surface area (Å²) < 4.78 is 39.8. The van der Waals surface area contributed by atoms with Crippen LogP contribution < -0.4 is 5.73 Å². The number of benzene rings is 2. The molecule has 160 valence electrons. The first-order chi connectivity index (χ1) is 14.3. The van der Waals surface area contributed by atoms with Gasteiger partial charge in [0, 0.05) is 32.2 Å². The first kappa shape index (κ1) is 20.9. The number of fused-ring (bicyclic) bond motifs is 1. The summed E-state index contributed by atoms with van der Waals surface area (Å²) in [6.45, 7) is 3.62. The molecule has 2 fully saturated rings. The maximum absolute atomic E-state index is 13.3. The molecule has 3 atom stereocenters. The minimum absolute atomic E-state index is 0.0106. The lowest BCUT2D eigenvalue weighted by Gasteiger charge is -2.23. The third kappa shape index (κ3) is 4.37. The Hall–Kier alpha value is -2.38. The Morgan fingerprint density at radius 3 is 2.20 bits per heavy atom. The zero-order valence-corrected chi connectivity index (χ0v) is 16.7. The zero-order valence-electron chi connectivity index (χ0n) is 16.7. The molecule has 2 aromatic carbocycles. The van der Waals surface area contributed by atoms with Crippen molar-refractivity contribution in [1.29, 1.82) is 0 Å². The second-order valence-electron chi connectivity index (χ2n) is 8.34. The number of nitrogens with two attached hydrogens (primary N) is 1. The van der Waals surface area contributed by atoms with Crippen molar-refractivity contribution in [3.05, 3.63) is 71.3 Å². The minimum atomic E-state index is -4.53. The van der Waals surface area contributed by atoms with Gasteiger partial charge in [-0.3, -0.25) is 4.79 Å². The van der Waals surface area contributed by atoms with E-state index in [1.807, 2.05) is 30.3 Å². The molecular weight excluding hydrogens is 391 g/mol. The molecule has 4 nitrogen and oxygen atoms in total. The number of alkyl halides is 3. The summed E-state index contributed by atoms with van der Waals surface area (Å²) in [5, 5.41) is 0. The quantitative estimate of drug-likeness (QED) is 0.805. The summed E-state index contributed by atoms with van der Waals surface area (Å²) >= 11 is 0. The van der Waals surface area contributed by atoms with Gasteiger partial charge in [0.15, 0.2) is 0 Å². The van der Waals surface area contributed by atoms with Crippen LogP contribution in [-0.2, 0) is 6.18 Å². The van der Waals surface area contributed by atoms with Crippen molar-refractivity contribution in [3.63, 3.8) is 0 Å². The highest BCUT2D eigenvalue weighted by Gasteiger charge is 2.43. The Labute approximate surface area is 174 Å². The average Bonchev–Trinajstić information content (AvgIpc) is 3.30. The minimum Gasteiger partial charge on any atom is -0.338 e. The van der Waals surface area contributed by atoms with Crippen LogP contribution in [0.25, 0.3) is 0 Å². The normalized spacial score (nSPS) is 22.9. The molecule has 2 N–H and O–H groups in total. The van der Waals surface area contributed by atoms with Gasteiger partial charge in [0.25, 0.3) is 5.91 Å². The second-order valence-corrected chi connectivity index (χ2v) is 8.34. The van der Waals surface area contributed by atoms with Crippen molar-refractivity contribution in [2.24, 2.45) is 17.6 Å². The number of rotatable bonds is 5. The van der Waals surface area contributed by atoms with E-state index in [2.05, 4.69) is 4.90 Å². The van der Waals surface area contributed by atoms with E-state index in [0.717, 1.165) is 37.7 Å².